The number of aromatic amines is 1. The van der Waals surface area contributed by atoms with Gasteiger partial charge in [-0.25, -0.2) is 4.79 Å². The Morgan fingerprint density at radius 2 is 2.26 bits per heavy atom. The van der Waals surface area contributed by atoms with Gasteiger partial charge in [0.1, 0.15) is 24.1 Å². The zero-order valence-corrected chi connectivity index (χ0v) is 10.4. The van der Waals surface area contributed by atoms with E-state index in [0.29, 0.717) is 6.42 Å². The van der Waals surface area contributed by atoms with Crippen LogP contribution in [0.1, 0.15) is 13.3 Å². The molecular weight excluding hydrogens is 254 g/mol. The largest absolute Gasteiger partial charge is 0.390 e. The van der Waals surface area contributed by atoms with Crippen molar-refractivity contribution in [3.8, 4) is 0 Å². The van der Waals surface area contributed by atoms with Crippen molar-refractivity contribution in [2.75, 3.05) is 5.32 Å². The Balaban J connectivity index is 2.08. The number of aliphatic hydroxyl groups excluding tert-OH is 3. The first-order valence-corrected chi connectivity index (χ1v) is 6.05. The summed E-state index contributed by atoms with van der Waals surface area (Å²) < 4.78 is 5.37. The quantitative estimate of drug-likeness (QED) is 0.446. The lowest BCUT2D eigenvalue weighted by molar-refractivity contribution is -0.0613. The van der Waals surface area contributed by atoms with Gasteiger partial charge < -0.3 is 30.4 Å². The Morgan fingerprint density at radius 3 is 2.89 bits per heavy atom. The molecule has 19 heavy (non-hydrogen) atoms. The zero-order chi connectivity index (χ0) is 14.0. The van der Waals surface area contributed by atoms with Gasteiger partial charge in [-0.15, -0.1) is 0 Å². The van der Waals surface area contributed by atoms with Crippen molar-refractivity contribution in [1.29, 1.82) is 0 Å². The van der Waals surface area contributed by atoms with Crippen LogP contribution in [0, 0.1) is 0 Å². The Bertz CT molecular complexity index is 479. The van der Waals surface area contributed by atoms with Crippen molar-refractivity contribution < 1.29 is 20.1 Å². The Labute approximate surface area is 109 Å². The van der Waals surface area contributed by atoms with E-state index in [-0.39, 0.29) is 5.82 Å². The lowest BCUT2D eigenvalue weighted by Gasteiger charge is -2.19. The van der Waals surface area contributed by atoms with Gasteiger partial charge in [-0.05, 0) is 12.5 Å². The SMILES string of the molecule is CCC(O)[C@H]1OC(Nc2cc[nH]c(=O)n2)[C@@H](O)[C@@H]1O. The fraction of sp³-hybridized carbons (Fsp3) is 0.636. The second-order valence-electron chi connectivity index (χ2n) is 4.40. The molecule has 0 saturated carbocycles. The normalized spacial score (nSPS) is 32.2. The molecule has 1 aromatic heterocycles. The molecule has 0 spiro atoms. The van der Waals surface area contributed by atoms with E-state index in [9.17, 15) is 20.1 Å². The van der Waals surface area contributed by atoms with E-state index in [1.54, 1.807) is 6.92 Å². The molecule has 0 radical (unpaired) electrons. The molecule has 1 aliphatic rings. The molecule has 1 aliphatic heterocycles. The van der Waals surface area contributed by atoms with E-state index >= 15 is 0 Å². The fourth-order valence-electron chi connectivity index (χ4n) is 1.97. The third kappa shape index (κ3) is 2.92. The van der Waals surface area contributed by atoms with Crippen LogP contribution in [-0.4, -0.2) is 55.9 Å². The average Bonchev–Trinajstić information content (AvgIpc) is 2.66. The summed E-state index contributed by atoms with van der Waals surface area (Å²) in [5, 5.41) is 32.0. The summed E-state index contributed by atoms with van der Waals surface area (Å²) in [5.41, 5.74) is -0.539. The van der Waals surface area contributed by atoms with E-state index in [1.165, 1.54) is 12.3 Å². The molecule has 8 heteroatoms. The minimum atomic E-state index is -1.22. The van der Waals surface area contributed by atoms with Crippen molar-refractivity contribution in [2.45, 2.75) is 44.0 Å². The van der Waals surface area contributed by atoms with Crippen LogP contribution >= 0.6 is 0 Å². The van der Waals surface area contributed by atoms with E-state index in [4.69, 9.17) is 4.74 Å². The van der Waals surface area contributed by atoms with Crippen LogP contribution < -0.4 is 11.0 Å². The molecule has 1 fully saturated rings. The number of nitrogens with zero attached hydrogens (tertiary/aromatic N) is 1. The van der Waals surface area contributed by atoms with Gasteiger partial charge in [0.2, 0.25) is 0 Å². The lowest BCUT2D eigenvalue weighted by Crippen LogP contribution is -2.39. The van der Waals surface area contributed by atoms with Crippen LogP contribution in [0.4, 0.5) is 5.82 Å². The summed E-state index contributed by atoms with van der Waals surface area (Å²) in [6, 6.07) is 1.49. The summed E-state index contributed by atoms with van der Waals surface area (Å²) in [6.45, 7) is 1.74. The summed E-state index contributed by atoms with van der Waals surface area (Å²) in [7, 11) is 0. The highest BCUT2D eigenvalue weighted by molar-refractivity contribution is 5.33. The molecule has 0 aliphatic carbocycles. The topological polar surface area (TPSA) is 128 Å². The van der Waals surface area contributed by atoms with Crippen LogP contribution in [0.2, 0.25) is 0 Å². The number of nitrogens with one attached hydrogen (secondary N) is 2. The monoisotopic (exact) mass is 271 g/mol. The van der Waals surface area contributed by atoms with E-state index in [2.05, 4.69) is 15.3 Å². The highest BCUT2D eigenvalue weighted by Crippen LogP contribution is 2.25. The standard InChI is InChI=1S/C11H17N3O5/c1-2-5(15)9-7(16)8(17)10(19-9)13-6-3-4-12-11(18)14-6/h3-5,7-10,15-17H,2H2,1H3,(H2,12,13,14,18)/t5?,7-,8-,9+,10?/m0/s1. The molecule has 106 valence electrons. The predicted octanol–water partition coefficient (Wildman–Crippen LogP) is -1.60. The van der Waals surface area contributed by atoms with Crippen molar-refractivity contribution in [3.63, 3.8) is 0 Å². The molecule has 0 amide bonds. The molecule has 0 aromatic carbocycles. The Hall–Kier alpha value is -1.48. The molecule has 1 aromatic rings. The molecule has 1 saturated heterocycles. The number of H-pyrrole nitrogens is 1. The molecule has 2 heterocycles. The van der Waals surface area contributed by atoms with Gasteiger partial charge in [0.25, 0.3) is 0 Å². The van der Waals surface area contributed by atoms with E-state index in [0.717, 1.165) is 0 Å². The van der Waals surface area contributed by atoms with Crippen molar-refractivity contribution in [1.82, 2.24) is 9.97 Å². The molecular formula is C11H17N3O5. The number of anilines is 1. The third-order valence-corrected chi connectivity index (χ3v) is 3.06. The van der Waals surface area contributed by atoms with Crippen LogP contribution in [-0.2, 0) is 4.74 Å². The summed E-state index contributed by atoms with van der Waals surface area (Å²) >= 11 is 0. The second-order valence-corrected chi connectivity index (χ2v) is 4.40. The predicted molar refractivity (Wildman–Crippen MR) is 65.5 cm³/mol. The van der Waals surface area contributed by atoms with Gasteiger partial charge in [-0.2, -0.15) is 4.98 Å². The van der Waals surface area contributed by atoms with Crippen LogP contribution in [0.5, 0.6) is 0 Å². The molecule has 2 rings (SSSR count). The van der Waals surface area contributed by atoms with Gasteiger partial charge in [0.15, 0.2) is 6.23 Å². The van der Waals surface area contributed by atoms with Gasteiger partial charge in [0, 0.05) is 6.20 Å². The molecule has 0 bridgehead atoms. The van der Waals surface area contributed by atoms with Gasteiger partial charge in [-0.1, -0.05) is 6.92 Å². The fourth-order valence-corrected chi connectivity index (χ4v) is 1.97. The second kappa shape index (κ2) is 5.66. The minimum Gasteiger partial charge on any atom is -0.390 e. The summed E-state index contributed by atoms with van der Waals surface area (Å²) in [6.07, 6.45) is -3.31. The van der Waals surface area contributed by atoms with Crippen LogP contribution in [0.15, 0.2) is 17.1 Å². The summed E-state index contributed by atoms with van der Waals surface area (Å²) in [5.74, 6) is 0.214. The number of ether oxygens (including phenoxy) is 1. The third-order valence-electron chi connectivity index (χ3n) is 3.06. The van der Waals surface area contributed by atoms with E-state index in [1.807, 2.05) is 0 Å². The number of rotatable bonds is 4. The first kappa shape index (κ1) is 13.9. The van der Waals surface area contributed by atoms with E-state index < -0.39 is 36.3 Å². The Morgan fingerprint density at radius 1 is 1.53 bits per heavy atom. The van der Waals surface area contributed by atoms with Gasteiger partial charge in [0.05, 0.1) is 6.10 Å². The molecule has 5 N–H and O–H groups in total. The maximum atomic E-state index is 11.0. The van der Waals surface area contributed by atoms with Crippen molar-refractivity contribution >= 4 is 5.82 Å². The number of hydrogen-bond donors (Lipinski definition) is 5. The van der Waals surface area contributed by atoms with Crippen molar-refractivity contribution in [2.24, 2.45) is 0 Å². The molecule has 8 nitrogen and oxygen atoms in total. The van der Waals surface area contributed by atoms with Crippen molar-refractivity contribution in [3.05, 3.63) is 22.7 Å². The van der Waals surface area contributed by atoms with Crippen LogP contribution in [0.3, 0.4) is 0 Å². The minimum absolute atomic E-state index is 0.214. The average molecular weight is 271 g/mol. The highest BCUT2D eigenvalue weighted by Gasteiger charge is 2.45. The van der Waals surface area contributed by atoms with Gasteiger partial charge in [-0.3, -0.25) is 0 Å². The maximum absolute atomic E-state index is 11.0. The summed E-state index contributed by atoms with van der Waals surface area (Å²) in [4.78, 5) is 17.0. The molecule has 5 atom stereocenters. The zero-order valence-electron chi connectivity index (χ0n) is 10.4. The highest BCUT2D eigenvalue weighted by atomic mass is 16.6. The number of aliphatic hydroxyl groups is 3. The maximum Gasteiger partial charge on any atom is 0.346 e. The van der Waals surface area contributed by atoms with Crippen LogP contribution in [0.25, 0.3) is 0 Å². The first-order chi connectivity index (χ1) is 9.02. The first-order valence-electron chi connectivity index (χ1n) is 6.05. The number of hydrogen-bond acceptors (Lipinski definition) is 7. The van der Waals surface area contributed by atoms with Gasteiger partial charge >= 0.3 is 5.69 Å². The molecule has 2 unspecified atom stereocenters. The Kier molecular flexibility index (Phi) is 4.15. The number of aromatic nitrogens is 2. The smallest absolute Gasteiger partial charge is 0.346 e. The lowest BCUT2D eigenvalue weighted by atomic mass is 10.0.